The van der Waals surface area contributed by atoms with Gasteiger partial charge in [0, 0.05) is 12.1 Å². The first-order chi connectivity index (χ1) is 15.2. The van der Waals surface area contributed by atoms with Gasteiger partial charge in [-0.3, -0.25) is 4.79 Å². The van der Waals surface area contributed by atoms with Crippen LogP contribution in [0.5, 0.6) is 0 Å². The molecule has 3 aromatic carbocycles. The summed E-state index contributed by atoms with van der Waals surface area (Å²) < 4.78 is 2.21. The van der Waals surface area contributed by atoms with Gasteiger partial charge >= 0.3 is 0 Å². The molecule has 0 spiro atoms. The number of imidazole rings is 1. The van der Waals surface area contributed by atoms with E-state index >= 15 is 0 Å². The smallest absolute Gasteiger partial charge is 0.251 e. The number of nitrogens with zero attached hydrogens (tertiary/aromatic N) is 2. The summed E-state index contributed by atoms with van der Waals surface area (Å²) in [4.78, 5) is 17.7. The van der Waals surface area contributed by atoms with Gasteiger partial charge in [-0.2, -0.15) is 0 Å². The van der Waals surface area contributed by atoms with E-state index in [9.17, 15) is 4.79 Å². The number of hydrogen-bond donors (Lipinski definition) is 1. The Morgan fingerprint density at radius 3 is 2.41 bits per heavy atom. The molecular formula is C28H31N3O. The fraction of sp³-hybridized carbons (Fsp3) is 0.286. The third-order valence-corrected chi connectivity index (χ3v) is 5.86. The topological polar surface area (TPSA) is 46.9 Å². The number of hydrogen-bond acceptors (Lipinski definition) is 2. The van der Waals surface area contributed by atoms with E-state index in [2.05, 4.69) is 61.0 Å². The van der Waals surface area contributed by atoms with Crippen LogP contribution >= 0.6 is 0 Å². The Morgan fingerprint density at radius 2 is 1.72 bits per heavy atom. The molecule has 4 rings (SSSR count). The molecule has 0 radical (unpaired) electrons. The number of benzene rings is 3. The maximum Gasteiger partial charge on any atom is 0.251 e. The lowest BCUT2D eigenvalue weighted by atomic mass is 9.87. The average Bonchev–Trinajstić information content (AvgIpc) is 3.12. The van der Waals surface area contributed by atoms with Gasteiger partial charge in [-0.1, -0.05) is 74.9 Å². The van der Waals surface area contributed by atoms with Gasteiger partial charge in [-0.25, -0.2) is 4.98 Å². The van der Waals surface area contributed by atoms with Crippen molar-refractivity contribution in [3.8, 4) is 0 Å². The molecule has 32 heavy (non-hydrogen) atoms. The minimum atomic E-state index is -0.232. The highest BCUT2D eigenvalue weighted by Gasteiger charge is 2.20. The van der Waals surface area contributed by atoms with E-state index in [1.807, 2.05) is 56.3 Å². The van der Waals surface area contributed by atoms with Crippen LogP contribution in [0.1, 0.15) is 66.6 Å². The molecule has 0 saturated carbocycles. The minimum Gasteiger partial charge on any atom is -0.342 e. The normalized spacial score (nSPS) is 12.7. The van der Waals surface area contributed by atoms with Crippen LogP contribution in [0.4, 0.5) is 0 Å². The second kappa shape index (κ2) is 8.62. The molecule has 1 N–H and O–H groups in total. The third kappa shape index (κ3) is 4.59. The number of amides is 1. The lowest BCUT2D eigenvalue weighted by molar-refractivity contribution is 0.0937. The third-order valence-electron chi connectivity index (χ3n) is 5.86. The predicted octanol–water partition coefficient (Wildman–Crippen LogP) is 6.18. The number of fused-ring (bicyclic) bond motifs is 1. The Kier molecular flexibility index (Phi) is 5.88. The molecule has 0 fully saturated rings. The van der Waals surface area contributed by atoms with Gasteiger partial charge in [0.15, 0.2) is 0 Å². The zero-order chi connectivity index (χ0) is 22.9. The molecule has 0 saturated heterocycles. The van der Waals surface area contributed by atoms with E-state index in [-0.39, 0.29) is 17.4 Å². The molecule has 0 aliphatic rings. The summed E-state index contributed by atoms with van der Waals surface area (Å²) in [6, 6.07) is 24.3. The van der Waals surface area contributed by atoms with Crippen molar-refractivity contribution in [3.05, 3.63) is 101 Å². The first kappa shape index (κ1) is 21.8. The molecule has 164 valence electrons. The van der Waals surface area contributed by atoms with Crippen molar-refractivity contribution in [2.24, 2.45) is 0 Å². The van der Waals surface area contributed by atoms with Crippen molar-refractivity contribution in [1.29, 1.82) is 0 Å². The van der Waals surface area contributed by atoms with Gasteiger partial charge in [-0.15, -0.1) is 0 Å². The predicted molar refractivity (Wildman–Crippen MR) is 131 cm³/mol. The summed E-state index contributed by atoms with van der Waals surface area (Å²) in [5.74, 6) is 0.765. The summed E-state index contributed by atoms with van der Waals surface area (Å²) in [6.45, 7) is 11.4. The summed E-state index contributed by atoms with van der Waals surface area (Å²) in [5.41, 5.74) is 6.38. The molecule has 0 aliphatic carbocycles. The van der Waals surface area contributed by atoms with Gasteiger partial charge < -0.3 is 9.88 Å². The number of rotatable bonds is 5. The van der Waals surface area contributed by atoms with E-state index in [4.69, 9.17) is 4.98 Å². The van der Waals surface area contributed by atoms with Crippen molar-refractivity contribution >= 4 is 16.9 Å². The van der Waals surface area contributed by atoms with E-state index in [1.54, 1.807) is 0 Å². The SMILES string of the molecule is Cc1cccc(C(=O)NC(C)c2nc3ccccc3n2Cc2ccc(C(C)(C)C)cc2)c1. The van der Waals surface area contributed by atoms with Crippen molar-refractivity contribution in [1.82, 2.24) is 14.9 Å². The van der Waals surface area contributed by atoms with Crippen molar-refractivity contribution in [2.45, 2.75) is 52.6 Å². The van der Waals surface area contributed by atoms with Crippen molar-refractivity contribution in [3.63, 3.8) is 0 Å². The molecule has 1 aromatic heterocycles. The van der Waals surface area contributed by atoms with Gasteiger partial charge in [-0.05, 0) is 54.7 Å². The molecule has 0 bridgehead atoms. The van der Waals surface area contributed by atoms with Crippen molar-refractivity contribution in [2.75, 3.05) is 0 Å². The Morgan fingerprint density at radius 1 is 1.00 bits per heavy atom. The van der Waals surface area contributed by atoms with Gasteiger partial charge in [0.2, 0.25) is 0 Å². The summed E-state index contributed by atoms with van der Waals surface area (Å²) in [7, 11) is 0. The average molecular weight is 426 g/mol. The Labute approximate surface area is 190 Å². The van der Waals surface area contributed by atoms with E-state index in [0.29, 0.717) is 12.1 Å². The Bertz CT molecular complexity index is 1250. The zero-order valence-corrected chi connectivity index (χ0v) is 19.5. The largest absolute Gasteiger partial charge is 0.342 e. The Balaban J connectivity index is 1.65. The molecule has 1 unspecified atom stereocenters. The highest BCUT2D eigenvalue weighted by atomic mass is 16.1. The van der Waals surface area contributed by atoms with Crippen LogP contribution < -0.4 is 5.32 Å². The van der Waals surface area contributed by atoms with Crippen molar-refractivity contribution < 1.29 is 4.79 Å². The van der Waals surface area contributed by atoms with Crippen LogP contribution in [-0.2, 0) is 12.0 Å². The minimum absolute atomic E-state index is 0.0886. The number of aromatic nitrogens is 2. The molecule has 4 nitrogen and oxygen atoms in total. The standard InChI is InChI=1S/C28H31N3O/c1-19-9-8-10-22(17-19)27(32)29-20(2)26-30-24-11-6-7-12-25(24)31(26)18-21-13-15-23(16-14-21)28(3,4)5/h6-17,20H,18H2,1-5H3,(H,29,32). The van der Waals surface area contributed by atoms with Crippen LogP contribution in [-0.4, -0.2) is 15.5 Å². The molecule has 4 heteroatoms. The molecule has 1 amide bonds. The van der Waals surface area contributed by atoms with E-state index in [0.717, 1.165) is 22.4 Å². The molecule has 4 aromatic rings. The number of carbonyl (C=O) groups excluding carboxylic acids is 1. The number of carbonyl (C=O) groups is 1. The summed E-state index contributed by atoms with van der Waals surface area (Å²) >= 11 is 0. The van der Waals surface area contributed by atoms with Crippen LogP contribution in [0, 0.1) is 6.92 Å². The maximum atomic E-state index is 12.8. The summed E-state index contributed by atoms with van der Waals surface area (Å²) in [6.07, 6.45) is 0. The fourth-order valence-corrected chi connectivity index (χ4v) is 4.01. The first-order valence-corrected chi connectivity index (χ1v) is 11.1. The van der Waals surface area contributed by atoms with Crippen LogP contribution in [0.15, 0.2) is 72.8 Å². The number of nitrogens with one attached hydrogen (secondary N) is 1. The second-order valence-electron chi connectivity index (χ2n) is 9.56. The van der Waals surface area contributed by atoms with Gasteiger partial charge in [0.1, 0.15) is 5.82 Å². The van der Waals surface area contributed by atoms with Crippen LogP contribution in [0.25, 0.3) is 11.0 Å². The Hall–Kier alpha value is -3.40. The number of para-hydroxylation sites is 2. The van der Waals surface area contributed by atoms with Gasteiger partial charge in [0.25, 0.3) is 5.91 Å². The fourth-order valence-electron chi connectivity index (χ4n) is 4.01. The van der Waals surface area contributed by atoms with E-state index in [1.165, 1.54) is 11.1 Å². The molecular weight excluding hydrogens is 394 g/mol. The zero-order valence-electron chi connectivity index (χ0n) is 19.5. The first-order valence-electron chi connectivity index (χ1n) is 11.1. The number of aryl methyl sites for hydroxylation is 1. The van der Waals surface area contributed by atoms with Crippen LogP contribution in [0.3, 0.4) is 0 Å². The lowest BCUT2D eigenvalue weighted by Crippen LogP contribution is -2.29. The molecule has 1 heterocycles. The monoisotopic (exact) mass is 425 g/mol. The quantitative estimate of drug-likeness (QED) is 0.415. The highest BCUT2D eigenvalue weighted by molar-refractivity contribution is 5.94. The summed E-state index contributed by atoms with van der Waals surface area (Å²) in [5, 5.41) is 3.13. The van der Waals surface area contributed by atoms with Crippen LogP contribution in [0.2, 0.25) is 0 Å². The maximum absolute atomic E-state index is 12.8. The second-order valence-corrected chi connectivity index (χ2v) is 9.56. The van der Waals surface area contributed by atoms with E-state index < -0.39 is 0 Å². The molecule has 0 aliphatic heterocycles. The lowest BCUT2D eigenvalue weighted by Gasteiger charge is -2.20. The van der Waals surface area contributed by atoms with Gasteiger partial charge in [0.05, 0.1) is 17.1 Å². The highest BCUT2D eigenvalue weighted by Crippen LogP contribution is 2.25. The molecule has 1 atom stereocenters.